The van der Waals surface area contributed by atoms with Gasteiger partial charge in [0, 0.05) is 22.3 Å². The van der Waals surface area contributed by atoms with Gasteiger partial charge in [0.1, 0.15) is 11.4 Å². The Morgan fingerprint density at radius 1 is 0.447 bits per heavy atom. The number of hydrogen-bond acceptors (Lipinski definition) is 5. The summed E-state index contributed by atoms with van der Waals surface area (Å²) in [6.45, 7) is 1.61. The molecule has 0 fully saturated rings. The Morgan fingerprint density at radius 3 is 1.60 bits per heavy atom. The quantitative estimate of drug-likeness (QED) is 0.177. The number of Topliss-reactive ketones (excluding diaryl/α,β-unsaturated/α-hetero) is 1. The van der Waals surface area contributed by atoms with Gasteiger partial charge >= 0.3 is 0 Å². The Bertz CT molecular complexity index is 2420. The summed E-state index contributed by atoms with van der Waals surface area (Å²) in [6.07, 6.45) is 0. The van der Waals surface area contributed by atoms with Gasteiger partial charge in [0.25, 0.3) is 0 Å². The summed E-state index contributed by atoms with van der Waals surface area (Å²) < 4.78 is 0. The van der Waals surface area contributed by atoms with Crippen LogP contribution in [0.2, 0.25) is 0 Å². The molecule has 0 spiro atoms. The van der Waals surface area contributed by atoms with E-state index in [9.17, 15) is 4.79 Å². The number of fused-ring (bicyclic) bond motifs is 2. The standard InChI is InChI=1S/C42H28N4O/c1-27(47)32-24-25-33(35-17-9-8-16-34(32)35)28-20-22-30(23-21-28)39-26-38(29-12-4-2-5-13-29)45-42(46-39)41-40(31-14-6-3-7-15-31)43-36-18-10-11-19-37(36)44-41/h2-26H,1H3. The van der Waals surface area contributed by atoms with E-state index in [1.807, 2.05) is 109 Å². The highest BCUT2D eigenvalue weighted by Crippen LogP contribution is 2.35. The first-order valence-corrected chi connectivity index (χ1v) is 15.5. The normalized spacial score (nSPS) is 11.2. The fourth-order valence-corrected chi connectivity index (χ4v) is 6.09. The van der Waals surface area contributed by atoms with E-state index in [-0.39, 0.29) is 5.78 Å². The van der Waals surface area contributed by atoms with Crippen molar-refractivity contribution in [2.24, 2.45) is 0 Å². The Hall–Kier alpha value is -6.33. The van der Waals surface area contributed by atoms with E-state index in [4.69, 9.17) is 19.9 Å². The van der Waals surface area contributed by atoms with Crippen molar-refractivity contribution in [2.75, 3.05) is 0 Å². The molecule has 0 aliphatic heterocycles. The Kier molecular flexibility index (Phi) is 7.12. The van der Waals surface area contributed by atoms with Gasteiger partial charge in [-0.15, -0.1) is 0 Å². The second-order valence-electron chi connectivity index (χ2n) is 11.4. The lowest BCUT2D eigenvalue weighted by atomic mass is 9.93. The van der Waals surface area contributed by atoms with E-state index in [1.165, 1.54) is 0 Å². The smallest absolute Gasteiger partial charge is 0.181 e. The molecule has 0 saturated carbocycles. The molecule has 0 aliphatic carbocycles. The van der Waals surface area contributed by atoms with Crippen molar-refractivity contribution >= 4 is 27.6 Å². The molecular weight excluding hydrogens is 576 g/mol. The minimum absolute atomic E-state index is 0.0587. The number of aromatic nitrogens is 4. The van der Waals surface area contributed by atoms with Gasteiger partial charge in [0.2, 0.25) is 0 Å². The third-order valence-corrected chi connectivity index (χ3v) is 8.42. The van der Waals surface area contributed by atoms with Crippen LogP contribution in [0, 0.1) is 0 Å². The Labute approximate surface area is 272 Å². The molecule has 8 rings (SSSR count). The monoisotopic (exact) mass is 604 g/mol. The van der Waals surface area contributed by atoms with E-state index in [1.54, 1.807) is 6.92 Å². The van der Waals surface area contributed by atoms with Crippen LogP contribution in [-0.4, -0.2) is 25.7 Å². The van der Waals surface area contributed by atoms with Crippen molar-refractivity contribution in [1.29, 1.82) is 0 Å². The average Bonchev–Trinajstić information content (AvgIpc) is 3.14. The molecule has 2 aromatic heterocycles. The van der Waals surface area contributed by atoms with Gasteiger partial charge < -0.3 is 0 Å². The van der Waals surface area contributed by atoms with Crippen molar-refractivity contribution in [3.8, 4) is 56.4 Å². The van der Waals surface area contributed by atoms with Crippen LogP contribution in [0.25, 0.3) is 78.2 Å². The summed E-state index contributed by atoms with van der Waals surface area (Å²) >= 11 is 0. The second-order valence-corrected chi connectivity index (χ2v) is 11.4. The molecular formula is C42H28N4O. The molecule has 0 saturated heterocycles. The summed E-state index contributed by atoms with van der Waals surface area (Å²) in [5.74, 6) is 0.566. The second kappa shape index (κ2) is 11.9. The third-order valence-electron chi connectivity index (χ3n) is 8.42. The fraction of sp³-hybridized carbons (Fsp3) is 0.0238. The fourth-order valence-electron chi connectivity index (χ4n) is 6.09. The van der Waals surface area contributed by atoms with Gasteiger partial charge in [-0.05, 0) is 47.0 Å². The summed E-state index contributed by atoms with van der Waals surface area (Å²) in [7, 11) is 0. The first kappa shape index (κ1) is 28.2. The maximum absolute atomic E-state index is 12.3. The van der Waals surface area contributed by atoms with Crippen LogP contribution in [0.4, 0.5) is 0 Å². The van der Waals surface area contributed by atoms with Crippen LogP contribution < -0.4 is 0 Å². The van der Waals surface area contributed by atoms with Crippen molar-refractivity contribution < 1.29 is 4.79 Å². The van der Waals surface area contributed by atoms with Gasteiger partial charge in [0.15, 0.2) is 11.6 Å². The summed E-state index contributed by atoms with van der Waals surface area (Å²) in [6, 6.07) is 50.5. The summed E-state index contributed by atoms with van der Waals surface area (Å²) in [5, 5.41) is 2.01. The maximum atomic E-state index is 12.3. The van der Waals surface area contributed by atoms with Gasteiger partial charge in [0.05, 0.1) is 22.4 Å². The molecule has 0 atom stereocenters. The lowest BCUT2D eigenvalue weighted by Crippen LogP contribution is -2.01. The SMILES string of the molecule is CC(=O)c1ccc(-c2ccc(-c3cc(-c4ccccc4)nc(-c4nc5ccccc5nc4-c4ccccc4)n3)cc2)c2ccccc12. The number of nitrogens with zero attached hydrogens (tertiary/aromatic N) is 4. The van der Waals surface area contributed by atoms with Crippen LogP contribution in [0.15, 0.2) is 152 Å². The van der Waals surface area contributed by atoms with Gasteiger partial charge in [-0.2, -0.15) is 0 Å². The molecule has 0 N–H and O–H groups in total. The molecule has 0 aliphatic rings. The largest absolute Gasteiger partial charge is 0.294 e. The van der Waals surface area contributed by atoms with Crippen LogP contribution >= 0.6 is 0 Å². The highest BCUT2D eigenvalue weighted by atomic mass is 16.1. The van der Waals surface area contributed by atoms with Crippen molar-refractivity contribution in [3.05, 3.63) is 157 Å². The molecule has 0 unspecified atom stereocenters. The van der Waals surface area contributed by atoms with E-state index in [0.29, 0.717) is 11.5 Å². The van der Waals surface area contributed by atoms with Crippen LogP contribution in [0.5, 0.6) is 0 Å². The molecule has 0 bridgehead atoms. The zero-order chi connectivity index (χ0) is 31.7. The first-order valence-electron chi connectivity index (χ1n) is 15.5. The lowest BCUT2D eigenvalue weighted by Gasteiger charge is -2.13. The van der Waals surface area contributed by atoms with Crippen LogP contribution in [-0.2, 0) is 0 Å². The first-order chi connectivity index (χ1) is 23.1. The maximum Gasteiger partial charge on any atom is 0.181 e. The summed E-state index contributed by atoms with van der Waals surface area (Å²) in [4.78, 5) is 32.6. The number of carbonyl (C=O) groups is 1. The van der Waals surface area contributed by atoms with E-state index in [2.05, 4.69) is 42.5 Å². The lowest BCUT2D eigenvalue weighted by molar-refractivity contribution is 0.101. The minimum atomic E-state index is 0.0587. The number of hydrogen-bond donors (Lipinski definition) is 0. The van der Waals surface area contributed by atoms with Crippen molar-refractivity contribution in [2.45, 2.75) is 6.92 Å². The number of rotatable bonds is 6. The van der Waals surface area contributed by atoms with Crippen LogP contribution in [0.1, 0.15) is 17.3 Å². The van der Waals surface area contributed by atoms with E-state index in [0.717, 1.165) is 72.3 Å². The van der Waals surface area contributed by atoms with E-state index < -0.39 is 0 Å². The number of carbonyl (C=O) groups excluding carboxylic acids is 1. The van der Waals surface area contributed by atoms with Gasteiger partial charge in [-0.25, -0.2) is 19.9 Å². The number of ketones is 1. The summed E-state index contributed by atoms with van der Waals surface area (Å²) in [5.41, 5.74) is 10.3. The topological polar surface area (TPSA) is 68.6 Å². The highest BCUT2D eigenvalue weighted by Gasteiger charge is 2.19. The molecule has 0 amide bonds. The zero-order valence-electron chi connectivity index (χ0n) is 25.6. The van der Waals surface area contributed by atoms with Gasteiger partial charge in [-0.3, -0.25) is 4.79 Å². The molecule has 6 aromatic carbocycles. The van der Waals surface area contributed by atoms with Crippen molar-refractivity contribution in [1.82, 2.24) is 19.9 Å². The predicted molar refractivity (Wildman–Crippen MR) is 190 cm³/mol. The minimum Gasteiger partial charge on any atom is -0.294 e. The zero-order valence-corrected chi connectivity index (χ0v) is 25.6. The molecule has 0 radical (unpaired) electrons. The number of para-hydroxylation sites is 2. The number of benzene rings is 6. The Morgan fingerprint density at radius 2 is 0.957 bits per heavy atom. The van der Waals surface area contributed by atoms with Gasteiger partial charge in [-0.1, -0.05) is 133 Å². The highest BCUT2D eigenvalue weighted by molar-refractivity contribution is 6.11. The molecule has 2 heterocycles. The average molecular weight is 605 g/mol. The predicted octanol–water partition coefficient (Wildman–Crippen LogP) is 10.1. The van der Waals surface area contributed by atoms with E-state index >= 15 is 0 Å². The molecule has 5 heteroatoms. The van der Waals surface area contributed by atoms with Crippen LogP contribution in [0.3, 0.4) is 0 Å². The molecule has 47 heavy (non-hydrogen) atoms. The third kappa shape index (κ3) is 5.34. The molecule has 5 nitrogen and oxygen atoms in total. The molecule has 222 valence electrons. The van der Waals surface area contributed by atoms with Crippen molar-refractivity contribution in [3.63, 3.8) is 0 Å². The molecule has 8 aromatic rings. The Balaban J connectivity index is 1.29.